The summed E-state index contributed by atoms with van der Waals surface area (Å²) in [6.45, 7) is 3.78. The van der Waals surface area contributed by atoms with E-state index >= 15 is 0 Å². The topological polar surface area (TPSA) is 93.5 Å². The van der Waals surface area contributed by atoms with Crippen LogP contribution in [0.15, 0.2) is 36.5 Å². The predicted molar refractivity (Wildman–Crippen MR) is 83.9 cm³/mol. The summed E-state index contributed by atoms with van der Waals surface area (Å²) >= 11 is 0. The first-order valence-electron chi connectivity index (χ1n) is 7.34. The lowest BCUT2D eigenvalue weighted by atomic mass is 10.3. The first-order chi connectivity index (χ1) is 11.0. The molecule has 0 unspecified atom stereocenters. The number of carboxylic acid groups (broad SMARTS) is 1. The van der Waals surface area contributed by atoms with Crippen LogP contribution < -0.4 is 10.1 Å². The van der Waals surface area contributed by atoms with Crippen molar-refractivity contribution in [2.75, 3.05) is 6.61 Å². The third-order valence-electron chi connectivity index (χ3n) is 3.10. The number of para-hydroxylation sites is 1. The summed E-state index contributed by atoms with van der Waals surface area (Å²) in [6, 6.07) is 8.27. The van der Waals surface area contributed by atoms with Crippen molar-refractivity contribution in [2.45, 2.75) is 26.3 Å². The Balaban J connectivity index is 2.30. The minimum absolute atomic E-state index is 0.0652. The Labute approximate surface area is 133 Å². The molecule has 0 spiro atoms. The molecular weight excluding hydrogens is 298 g/mol. The number of aromatic nitrogens is 2. The molecule has 2 rings (SSSR count). The Kier molecular flexibility index (Phi) is 5.35. The zero-order valence-electron chi connectivity index (χ0n) is 13.0. The molecule has 0 radical (unpaired) electrons. The maximum absolute atomic E-state index is 12.3. The number of hydrogen-bond acceptors (Lipinski definition) is 4. The third-order valence-corrected chi connectivity index (χ3v) is 3.10. The first-order valence-corrected chi connectivity index (χ1v) is 7.34. The minimum Gasteiger partial charge on any atom is -0.489 e. The van der Waals surface area contributed by atoms with E-state index in [0.29, 0.717) is 12.4 Å². The van der Waals surface area contributed by atoms with E-state index in [-0.39, 0.29) is 5.69 Å². The lowest BCUT2D eigenvalue weighted by molar-refractivity contribution is -0.138. The molecule has 7 nitrogen and oxygen atoms in total. The number of hydrogen-bond donors (Lipinski definition) is 2. The van der Waals surface area contributed by atoms with Gasteiger partial charge in [0.05, 0.1) is 18.5 Å². The van der Waals surface area contributed by atoms with Crippen molar-refractivity contribution in [3.63, 3.8) is 0 Å². The fourth-order valence-electron chi connectivity index (χ4n) is 1.87. The number of amides is 1. The van der Waals surface area contributed by atoms with E-state index in [2.05, 4.69) is 10.4 Å². The Morgan fingerprint density at radius 1 is 1.35 bits per heavy atom. The number of carbonyl (C=O) groups is 2. The molecule has 1 atom stereocenters. The van der Waals surface area contributed by atoms with Gasteiger partial charge in [0.25, 0.3) is 5.91 Å². The number of carbonyl (C=O) groups excluding carboxylic acids is 1. The van der Waals surface area contributed by atoms with Gasteiger partial charge >= 0.3 is 5.97 Å². The van der Waals surface area contributed by atoms with Crippen LogP contribution in [0.5, 0.6) is 5.75 Å². The second-order valence-electron chi connectivity index (χ2n) is 5.00. The first kappa shape index (κ1) is 16.5. The van der Waals surface area contributed by atoms with Gasteiger partial charge in [0.2, 0.25) is 0 Å². The maximum Gasteiger partial charge on any atom is 0.325 e. The van der Waals surface area contributed by atoms with E-state index in [0.717, 1.165) is 12.1 Å². The Morgan fingerprint density at radius 3 is 2.65 bits per heavy atom. The molecule has 2 aromatic rings. The summed E-state index contributed by atoms with van der Waals surface area (Å²) < 4.78 is 7.09. The Morgan fingerprint density at radius 2 is 2.04 bits per heavy atom. The van der Waals surface area contributed by atoms with Crippen LogP contribution in [0.2, 0.25) is 0 Å². The van der Waals surface area contributed by atoms with Crippen molar-refractivity contribution in [1.29, 1.82) is 0 Å². The van der Waals surface area contributed by atoms with Crippen LogP contribution >= 0.6 is 0 Å². The van der Waals surface area contributed by atoms with E-state index in [1.165, 1.54) is 11.6 Å². The lowest BCUT2D eigenvalue weighted by Gasteiger charge is -2.09. The van der Waals surface area contributed by atoms with Crippen LogP contribution in [-0.4, -0.2) is 39.4 Å². The molecule has 0 saturated heterocycles. The van der Waals surface area contributed by atoms with Gasteiger partial charge in [0.15, 0.2) is 11.4 Å². The van der Waals surface area contributed by atoms with Crippen molar-refractivity contribution in [3.8, 4) is 11.4 Å². The average molecular weight is 317 g/mol. The highest BCUT2D eigenvalue weighted by molar-refractivity contribution is 5.97. The standard InChI is InChI=1S/C16H19N3O4/c1-3-9-23-13-10-19(12-7-5-4-6-8-12)18-14(13)15(20)17-11(2)16(21)22/h4-8,10-11H,3,9H2,1-2H3,(H,17,20)(H,21,22)/t11-/m0/s1. The molecule has 0 bridgehead atoms. The minimum atomic E-state index is -1.11. The summed E-state index contributed by atoms with van der Waals surface area (Å²) in [7, 11) is 0. The van der Waals surface area contributed by atoms with Gasteiger partial charge in [-0.2, -0.15) is 5.10 Å². The number of aliphatic carboxylic acids is 1. The Bertz CT molecular complexity index is 682. The van der Waals surface area contributed by atoms with Gasteiger partial charge in [-0.05, 0) is 25.5 Å². The fourth-order valence-corrected chi connectivity index (χ4v) is 1.87. The molecule has 0 aliphatic carbocycles. The highest BCUT2D eigenvalue weighted by Gasteiger charge is 2.22. The number of carboxylic acids is 1. The van der Waals surface area contributed by atoms with Gasteiger partial charge < -0.3 is 15.2 Å². The zero-order chi connectivity index (χ0) is 16.8. The molecule has 7 heteroatoms. The molecule has 1 amide bonds. The molecule has 0 aliphatic rings. The number of benzene rings is 1. The van der Waals surface area contributed by atoms with Crippen molar-refractivity contribution in [3.05, 3.63) is 42.2 Å². The number of nitrogens with zero attached hydrogens (tertiary/aromatic N) is 2. The molecule has 1 heterocycles. The van der Waals surface area contributed by atoms with E-state index in [4.69, 9.17) is 9.84 Å². The molecule has 1 aromatic carbocycles. The van der Waals surface area contributed by atoms with Crippen LogP contribution in [0, 0.1) is 0 Å². The summed E-state index contributed by atoms with van der Waals surface area (Å²) in [6.07, 6.45) is 2.40. The smallest absolute Gasteiger partial charge is 0.325 e. The normalized spacial score (nSPS) is 11.7. The fraction of sp³-hybridized carbons (Fsp3) is 0.312. The van der Waals surface area contributed by atoms with E-state index in [1.54, 1.807) is 6.20 Å². The van der Waals surface area contributed by atoms with Crippen LogP contribution in [0.3, 0.4) is 0 Å². The Hall–Kier alpha value is -2.83. The molecule has 0 aliphatic heterocycles. The summed E-state index contributed by atoms with van der Waals surface area (Å²) in [5.74, 6) is -1.37. The van der Waals surface area contributed by atoms with E-state index in [1.807, 2.05) is 37.3 Å². The summed E-state index contributed by atoms with van der Waals surface area (Å²) in [5.41, 5.74) is 0.842. The van der Waals surface area contributed by atoms with Crippen LogP contribution in [0.25, 0.3) is 5.69 Å². The van der Waals surface area contributed by atoms with Crippen LogP contribution in [0.1, 0.15) is 30.8 Å². The van der Waals surface area contributed by atoms with Crippen molar-refractivity contribution < 1.29 is 19.4 Å². The maximum atomic E-state index is 12.3. The highest BCUT2D eigenvalue weighted by Crippen LogP contribution is 2.20. The van der Waals surface area contributed by atoms with Gasteiger partial charge in [-0.15, -0.1) is 0 Å². The molecule has 0 fully saturated rings. The van der Waals surface area contributed by atoms with E-state index < -0.39 is 17.9 Å². The van der Waals surface area contributed by atoms with Crippen molar-refractivity contribution >= 4 is 11.9 Å². The average Bonchev–Trinajstić information content (AvgIpc) is 2.97. The predicted octanol–water partition coefficient (Wildman–Crippen LogP) is 1.86. The summed E-state index contributed by atoms with van der Waals surface area (Å²) in [4.78, 5) is 23.1. The molecule has 1 aromatic heterocycles. The largest absolute Gasteiger partial charge is 0.489 e. The number of rotatable bonds is 7. The van der Waals surface area contributed by atoms with Gasteiger partial charge in [-0.25, -0.2) is 4.68 Å². The van der Waals surface area contributed by atoms with Crippen LogP contribution in [-0.2, 0) is 4.79 Å². The highest BCUT2D eigenvalue weighted by atomic mass is 16.5. The third kappa shape index (κ3) is 4.09. The van der Waals surface area contributed by atoms with Crippen molar-refractivity contribution in [2.24, 2.45) is 0 Å². The second-order valence-corrected chi connectivity index (χ2v) is 5.00. The molecule has 122 valence electrons. The van der Waals surface area contributed by atoms with Gasteiger partial charge in [-0.3, -0.25) is 9.59 Å². The number of ether oxygens (including phenoxy) is 1. The zero-order valence-corrected chi connectivity index (χ0v) is 13.0. The van der Waals surface area contributed by atoms with Crippen LogP contribution in [0.4, 0.5) is 0 Å². The molecular formula is C16H19N3O4. The number of nitrogens with one attached hydrogen (secondary N) is 1. The second kappa shape index (κ2) is 7.44. The van der Waals surface area contributed by atoms with E-state index in [9.17, 15) is 9.59 Å². The molecule has 0 saturated carbocycles. The SMILES string of the molecule is CCCOc1cn(-c2ccccc2)nc1C(=O)N[C@@H](C)C(=O)O. The van der Waals surface area contributed by atoms with Gasteiger partial charge in [-0.1, -0.05) is 25.1 Å². The lowest BCUT2D eigenvalue weighted by Crippen LogP contribution is -2.38. The van der Waals surface area contributed by atoms with Gasteiger partial charge in [0.1, 0.15) is 6.04 Å². The quantitative estimate of drug-likeness (QED) is 0.813. The molecule has 23 heavy (non-hydrogen) atoms. The molecule has 2 N–H and O–H groups in total. The van der Waals surface area contributed by atoms with Crippen molar-refractivity contribution in [1.82, 2.24) is 15.1 Å². The summed E-state index contributed by atoms with van der Waals surface area (Å²) in [5, 5.41) is 15.5. The van der Waals surface area contributed by atoms with Gasteiger partial charge in [0, 0.05) is 0 Å². The monoisotopic (exact) mass is 317 g/mol.